The number of carbonyl (C=O) groups is 1. The van der Waals surface area contributed by atoms with E-state index in [-0.39, 0.29) is 11.9 Å². The topological polar surface area (TPSA) is 51.7 Å². The van der Waals surface area contributed by atoms with Crippen molar-refractivity contribution in [3.63, 3.8) is 0 Å². The third-order valence-electron chi connectivity index (χ3n) is 4.76. The highest BCUT2D eigenvalue weighted by molar-refractivity contribution is 7.09. The Morgan fingerprint density at radius 1 is 1.35 bits per heavy atom. The van der Waals surface area contributed by atoms with Crippen molar-refractivity contribution in [2.24, 2.45) is 5.92 Å². The van der Waals surface area contributed by atoms with Crippen LogP contribution in [0.5, 0.6) is 5.75 Å². The summed E-state index contributed by atoms with van der Waals surface area (Å²) in [5.74, 6) is 1.53. The SMILES string of the molecule is O=C(Cc1csc(COc2ccc(Cl)cc2)n1)N1CCOCC1C1CC1. The van der Waals surface area contributed by atoms with Crippen molar-refractivity contribution in [1.29, 1.82) is 0 Å². The lowest BCUT2D eigenvalue weighted by molar-refractivity contribution is -0.140. The molecule has 0 N–H and O–H groups in total. The molecule has 0 bridgehead atoms. The van der Waals surface area contributed by atoms with Gasteiger partial charge in [-0.15, -0.1) is 11.3 Å². The van der Waals surface area contributed by atoms with Gasteiger partial charge in [0.1, 0.15) is 17.4 Å². The minimum absolute atomic E-state index is 0.153. The first-order valence-corrected chi connectivity index (χ1v) is 10.1. The number of thiazole rings is 1. The van der Waals surface area contributed by atoms with E-state index >= 15 is 0 Å². The van der Waals surface area contributed by atoms with E-state index in [1.165, 1.54) is 24.2 Å². The second-order valence-corrected chi connectivity index (χ2v) is 8.10. The van der Waals surface area contributed by atoms with Gasteiger partial charge in [-0.1, -0.05) is 11.6 Å². The van der Waals surface area contributed by atoms with E-state index in [1.807, 2.05) is 22.4 Å². The number of carbonyl (C=O) groups excluding carboxylic acids is 1. The highest BCUT2D eigenvalue weighted by atomic mass is 35.5. The molecule has 7 heteroatoms. The zero-order chi connectivity index (χ0) is 17.9. The Labute approximate surface area is 161 Å². The van der Waals surface area contributed by atoms with Gasteiger partial charge in [-0.3, -0.25) is 4.79 Å². The number of hydrogen-bond donors (Lipinski definition) is 0. The average molecular weight is 393 g/mol. The monoisotopic (exact) mass is 392 g/mol. The van der Waals surface area contributed by atoms with Crippen molar-refractivity contribution < 1.29 is 14.3 Å². The molecule has 1 aromatic heterocycles. The maximum absolute atomic E-state index is 12.7. The Morgan fingerprint density at radius 3 is 2.92 bits per heavy atom. The van der Waals surface area contributed by atoms with E-state index in [1.54, 1.807) is 12.1 Å². The molecule has 1 aliphatic carbocycles. The lowest BCUT2D eigenvalue weighted by Gasteiger charge is -2.35. The van der Waals surface area contributed by atoms with Crippen LogP contribution in [-0.4, -0.2) is 41.6 Å². The van der Waals surface area contributed by atoms with Gasteiger partial charge in [0.25, 0.3) is 0 Å². The summed E-state index contributed by atoms with van der Waals surface area (Å²) >= 11 is 7.39. The molecule has 138 valence electrons. The molecule has 1 amide bonds. The first-order chi connectivity index (χ1) is 12.7. The van der Waals surface area contributed by atoms with Crippen LogP contribution in [0.15, 0.2) is 29.6 Å². The van der Waals surface area contributed by atoms with Gasteiger partial charge < -0.3 is 14.4 Å². The highest BCUT2D eigenvalue weighted by Crippen LogP contribution is 2.36. The maximum Gasteiger partial charge on any atom is 0.229 e. The van der Waals surface area contributed by atoms with Crippen LogP contribution in [0.4, 0.5) is 0 Å². The van der Waals surface area contributed by atoms with E-state index in [0.717, 1.165) is 16.5 Å². The Balaban J connectivity index is 1.32. The first kappa shape index (κ1) is 17.8. The van der Waals surface area contributed by atoms with Gasteiger partial charge >= 0.3 is 0 Å². The summed E-state index contributed by atoms with van der Waals surface area (Å²) in [7, 11) is 0. The molecule has 1 aliphatic heterocycles. The Morgan fingerprint density at radius 2 is 2.15 bits per heavy atom. The number of amides is 1. The molecule has 0 radical (unpaired) electrons. The molecule has 1 saturated carbocycles. The average Bonchev–Trinajstić information content (AvgIpc) is 3.42. The fourth-order valence-corrected chi connectivity index (χ4v) is 4.06. The summed E-state index contributed by atoms with van der Waals surface area (Å²) in [6.07, 6.45) is 2.77. The largest absolute Gasteiger partial charge is 0.486 e. The zero-order valence-electron chi connectivity index (χ0n) is 14.4. The maximum atomic E-state index is 12.7. The normalized spacial score (nSPS) is 20.2. The fourth-order valence-electron chi connectivity index (χ4n) is 3.23. The molecular formula is C19H21ClN2O3S. The molecule has 1 aromatic carbocycles. The van der Waals surface area contributed by atoms with Crippen LogP contribution in [0.2, 0.25) is 5.02 Å². The molecule has 26 heavy (non-hydrogen) atoms. The third-order valence-corrected chi connectivity index (χ3v) is 5.88. The molecule has 2 aliphatic rings. The first-order valence-electron chi connectivity index (χ1n) is 8.88. The van der Waals surface area contributed by atoms with Gasteiger partial charge in [0.15, 0.2) is 0 Å². The van der Waals surface area contributed by atoms with E-state index in [4.69, 9.17) is 21.1 Å². The van der Waals surface area contributed by atoms with Crippen LogP contribution in [0.3, 0.4) is 0 Å². The van der Waals surface area contributed by atoms with Crippen molar-refractivity contribution in [3.05, 3.63) is 45.4 Å². The Bertz CT molecular complexity index is 760. The van der Waals surface area contributed by atoms with Gasteiger partial charge in [0.2, 0.25) is 5.91 Å². The summed E-state index contributed by atoms with van der Waals surface area (Å²) in [4.78, 5) is 19.3. The van der Waals surface area contributed by atoms with E-state index in [0.29, 0.717) is 43.7 Å². The Kier molecular flexibility index (Phi) is 5.43. The minimum Gasteiger partial charge on any atom is -0.486 e. The quantitative estimate of drug-likeness (QED) is 0.754. The molecule has 2 heterocycles. The summed E-state index contributed by atoms with van der Waals surface area (Å²) in [6.45, 7) is 2.39. The minimum atomic E-state index is 0.153. The van der Waals surface area contributed by atoms with Gasteiger partial charge in [-0.2, -0.15) is 0 Å². The number of morpholine rings is 1. The Hall–Kier alpha value is -1.63. The van der Waals surface area contributed by atoms with Crippen LogP contribution >= 0.6 is 22.9 Å². The second kappa shape index (κ2) is 7.94. The van der Waals surface area contributed by atoms with Gasteiger partial charge in [-0.25, -0.2) is 4.98 Å². The number of hydrogen-bond acceptors (Lipinski definition) is 5. The zero-order valence-corrected chi connectivity index (χ0v) is 16.0. The van der Waals surface area contributed by atoms with Gasteiger partial charge in [0.05, 0.1) is 31.4 Å². The van der Waals surface area contributed by atoms with E-state index in [9.17, 15) is 4.79 Å². The van der Waals surface area contributed by atoms with Crippen LogP contribution in [0, 0.1) is 5.92 Å². The smallest absolute Gasteiger partial charge is 0.229 e. The number of ether oxygens (including phenoxy) is 2. The standard InChI is InChI=1S/C19H21ClN2O3S/c20-14-3-5-16(6-4-14)25-11-18-21-15(12-26-18)9-19(23)22-7-8-24-10-17(22)13-1-2-13/h3-6,12-13,17H,1-2,7-11H2. The highest BCUT2D eigenvalue weighted by Gasteiger charge is 2.39. The van der Waals surface area contributed by atoms with E-state index < -0.39 is 0 Å². The number of rotatable bonds is 6. The lowest BCUT2D eigenvalue weighted by atomic mass is 10.1. The lowest BCUT2D eigenvalue weighted by Crippen LogP contribution is -2.50. The van der Waals surface area contributed by atoms with E-state index in [2.05, 4.69) is 4.98 Å². The van der Waals surface area contributed by atoms with Crippen LogP contribution in [0.25, 0.3) is 0 Å². The van der Waals surface area contributed by atoms with Crippen LogP contribution in [-0.2, 0) is 22.6 Å². The van der Waals surface area contributed by atoms with Crippen LogP contribution < -0.4 is 4.74 Å². The molecule has 2 aromatic rings. The fraction of sp³-hybridized carbons (Fsp3) is 0.474. The molecule has 4 rings (SSSR count). The van der Waals surface area contributed by atoms with Crippen molar-refractivity contribution in [2.75, 3.05) is 19.8 Å². The predicted molar refractivity (Wildman–Crippen MR) is 101 cm³/mol. The summed E-state index contributed by atoms with van der Waals surface area (Å²) < 4.78 is 11.3. The summed E-state index contributed by atoms with van der Waals surface area (Å²) in [5.41, 5.74) is 0.816. The van der Waals surface area contributed by atoms with Gasteiger partial charge in [-0.05, 0) is 43.0 Å². The molecule has 1 saturated heterocycles. The number of benzene rings is 1. The van der Waals surface area contributed by atoms with Crippen molar-refractivity contribution in [1.82, 2.24) is 9.88 Å². The van der Waals surface area contributed by atoms with Gasteiger partial charge in [0, 0.05) is 16.9 Å². The molecule has 2 fully saturated rings. The van der Waals surface area contributed by atoms with Crippen molar-refractivity contribution in [2.45, 2.75) is 31.9 Å². The summed E-state index contributed by atoms with van der Waals surface area (Å²) in [6, 6.07) is 7.50. The molecule has 1 atom stereocenters. The predicted octanol–water partition coefficient (Wildman–Crippen LogP) is 3.56. The molecule has 5 nitrogen and oxygen atoms in total. The van der Waals surface area contributed by atoms with Crippen molar-refractivity contribution in [3.8, 4) is 5.75 Å². The number of nitrogens with zero attached hydrogens (tertiary/aromatic N) is 2. The second-order valence-electron chi connectivity index (χ2n) is 6.72. The third kappa shape index (κ3) is 4.37. The molecule has 0 spiro atoms. The van der Waals surface area contributed by atoms with Crippen LogP contribution in [0.1, 0.15) is 23.5 Å². The summed E-state index contributed by atoms with van der Waals surface area (Å²) in [5, 5.41) is 3.49. The molecule has 1 unspecified atom stereocenters. The van der Waals surface area contributed by atoms with Crippen molar-refractivity contribution >= 4 is 28.8 Å². The molecular weight excluding hydrogens is 372 g/mol. The number of halogens is 1. The number of aromatic nitrogens is 1.